The number of halogens is 1. The largest absolute Gasteiger partial charge is 0.350 e. The Labute approximate surface area is 206 Å². The Kier molecular flexibility index (Phi) is 8.21. The zero-order valence-corrected chi connectivity index (χ0v) is 20.9. The molecule has 0 radical (unpaired) electrons. The molecule has 1 heterocycles. The first kappa shape index (κ1) is 23.7. The summed E-state index contributed by atoms with van der Waals surface area (Å²) in [5.41, 5.74) is 2.40. The third kappa shape index (κ3) is 5.64. The Morgan fingerprint density at radius 3 is 2.44 bits per heavy atom. The smallest absolute Gasteiger partial charge is 0.192 e. The highest BCUT2D eigenvalue weighted by Gasteiger charge is 2.12. The number of aliphatic imine (C=N–C) groups is 1. The Morgan fingerprint density at radius 1 is 0.969 bits per heavy atom. The number of aryl methyl sites for hydroxylation is 1. The Morgan fingerprint density at radius 2 is 1.69 bits per heavy atom. The van der Waals surface area contributed by atoms with Crippen molar-refractivity contribution >= 4 is 40.7 Å². The van der Waals surface area contributed by atoms with Gasteiger partial charge >= 0.3 is 0 Å². The SMILES string of the molecule is Cc1nnc(CNC(=NCc2ccccc2)NC(C)c2cccc3ccccc23)n1C.I. The first-order chi connectivity index (χ1) is 15.1. The Balaban J connectivity index is 0.00000289. The third-order valence-corrected chi connectivity index (χ3v) is 5.50. The maximum absolute atomic E-state index is 4.83. The van der Waals surface area contributed by atoms with Crippen molar-refractivity contribution in [2.24, 2.45) is 12.0 Å². The summed E-state index contributed by atoms with van der Waals surface area (Å²) < 4.78 is 1.98. The highest BCUT2D eigenvalue weighted by atomic mass is 127. The molecule has 0 saturated heterocycles. The molecule has 7 heteroatoms. The van der Waals surface area contributed by atoms with Gasteiger partial charge < -0.3 is 15.2 Å². The fourth-order valence-corrected chi connectivity index (χ4v) is 3.58. The molecule has 0 bridgehead atoms. The van der Waals surface area contributed by atoms with Crippen LogP contribution < -0.4 is 10.6 Å². The van der Waals surface area contributed by atoms with Crippen LogP contribution >= 0.6 is 24.0 Å². The van der Waals surface area contributed by atoms with Crippen molar-refractivity contribution in [2.45, 2.75) is 33.0 Å². The molecule has 166 valence electrons. The van der Waals surface area contributed by atoms with Crippen molar-refractivity contribution < 1.29 is 0 Å². The summed E-state index contributed by atoms with van der Waals surface area (Å²) in [6.07, 6.45) is 0. The minimum absolute atomic E-state index is 0. The molecule has 6 nitrogen and oxygen atoms in total. The summed E-state index contributed by atoms with van der Waals surface area (Å²) >= 11 is 0. The number of hydrogen-bond donors (Lipinski definition) is 2. The molecule has 32 heavy (non-hydrogen) atoms. The number of guanidine groups is 1. The van der Waals surface area contributed by atoms with Crippen LogP contribution in [0.25, 0.3) is 10.8 Å². The van der Waals surface area contributed by atoms with Crippen molar-refractivity contribution in [3.8, 4) is 0 Å². The van der Waals surface area contributed by atoms with Gasteiger partial charge in [0.1, 0.15) is 5.82 Å². The van der Waals surface area contributed by atoms with Gasteiger partial charge in [-0.2, -0.15) is 0 Å². The van der Waals surface area contributed by atoms with E-state index in [1.54, 1.807) is 0 Å². The van der Waals surface area contributed by atoms with E-state index in [4.69, 9.17) is 4.99 Å². The summed E-state index contributed by atoms with van der Waals surface area (Å²) in [5.74, 6) is 2.49. The molecule has 0 aliphatic carbocycles. The van der Waals surface area contributed by atoms with Crippen LogP contribution in [-0.2, 0) is 20.1 Å². The lowest BCUT2D eigenvalue weighted by Crippen LogP contribution is -2.39. The van der Waals surface area contributed by atoms with Crippen molar-refractivity contribution in [3.63, 3.8) is 0 Å². The maximum atomic E-state index is 4.83. The van der Waals surface area contributed by atoms with Gasteiger partial charge in [-0.25, -0.2) is 4.99 Å². The van der Waals surface area contributed by atoms with Crippen LogP contribution in [0.15, 0.2) is 77.8 Å². The van der Waals surface area contributed by atoms with E-state index in [0.29, 0.717) is 13.1 Å². The average molecular weight is 540 g/mol. The van der Waals surface area contributed by atoms with Crippen LogP contribution in [-0.4, -0.2) is 20.7 Å². The summed E-state index contributed by atoms with van der Waals surface area (Å²) in [4.78, 5) is 4.83. The predicted molar refractivity (Wildman–Crippen MR) is 141 cm³/mol. The summed E-state index contributed by atoms with van der Waals surface area (Å²) in [6.45, 7) is 5.24. The van der Waals surface area contributed by atoms with Gasteiger partial charge in [0, 0.05) is 7.05 Å². The lowest BCUT2D eigenvalue weighted by Gasteiger charge is -2.20. The van der Waals surface area contributed by atoms with Crippen molar-refractivity contribution in [1.82, 2.24) is 25.4 Å². The monoisotopic (exact) mass is 540 g/mol. The minimum Gasteiger partial charge on any atom is -0.350 e. The van der Waals surface area contributed by atoms with E-state index in [9.17, 15) is 0 Å². The van der Waals surface area contributed by atoms with Crippen LogP contribution in [0, 0.1) is 6.92 Å². The van der Waals surface area contributed by atoms with Crippen molar-refractivity contribution in [1.29, 1.82) is 0 Å². The van der Waals surface area contributed by atoms with Crippen molar-refractivity contribution in [2.75, 3.05) is 0 Å². The van der Waals surface area contributed by atoms with Gasteiger partial charge in [-0.1, -0.05) is 72.8 Å². The Hall–Kier alpha value is -2.94. The molecule has 1 aromatic heterocycles. The van der Waals surface area contributed by atoms with Gasteiger partial charge in [0.2, 0.25) is 0 Å². The van der Waals surface area contributed by atoms with E-state index >= 15 is 0 Å². The van der Waals surface area contributed by atoms with Gasteiger partial charge in [0.05, 0.1) is 19.1 Å². The van der Waals surface area contributed by atoms with E-state index in [1.807, 2.05) is 36.7 Å². The number of nitrogens with zero attached hydrogens (tertiary/aromatic N) is 4. The minimum atomic E-state index is 0. The molecule has 0 aliphatic heterocycles. The van der Waals surface area contributed by atoms with Gasteiger partial charge in [-0.05, 0) is 35.7 Å². The predicted octanol–water partition coefficient (Wildman–Crippen LogP) is 4.89. The molecular weight excluding hydrogens is 511 g/mol. The summed E-state index contributed by atoms with van der Waals surface area (Å²) in [5, 5.41) is 17.9. The van der Waals surface area contributed by atoms with Crippen LogP contribution in [0.3, 0.4) is 0 Å². The van der Waals surface area contributed by atoms with E-state index < -0.39 is 0 Å². The van der Waals surface area contributed by atoms with Gasteiger partial charge in [-0.15, -0.1) is 34.2 Å². The molecule has 3 aromatic carbocycles. The van der Waals surface area contributed by atoms with Crippen LogP contribution in [0.1, 0.15) is 35.7 Å². The molecule has 4 aromatic rings. The first-order valence-electron chi connectivity index (χ1n) is 10.5. The Bertz CT molecular complexity index is 1180. The molecule has 4 rings (SSSR count). The van der Waals surface area contributed by atoms with Crippen LogP contribution in [0.4, 0.5) is 0 Å². The quantitative estimate of drug-likeness (QED) is 0.208. The topological polar surface area (TPSA) is 67.1 Å². The molecule has 1 unspecified atom stereocenters. The fraction of sp³-hybridized carbons (Fsp3) is 0.240. The number of nitrogens with one attached hydrogen (secondary N) is 2. The average Bonchev–Trinajstić information content (AvgIpc) is 3.13. The lowest BCUT2D eigenvalue weighted by molar-refractivity contribution is 0.667. The van der Waals surface area contributed by atoms with E-state index in [2.05, 4.69) is 82.4 Å². The summed E-state index contributed by atoms with van der Waals surface area (Å²) in [7, 11) is 1.97. The van der Waals surface area contributed by atoms with E-state index in [-0.39, 0.29) is 30.0 Å². The third-order valence-electron chi connectivity index (χ3n) is 5.50. The van der Waals surface area contributed by atoms with Crippen LogP contribution in [0.5, 0.6) is 0 Å². The second kappa shape index (κ2) is 11.1. The van der Waals surface area contributed by atoms with E-state index in [1.165, 1.54) is 16.3 Å². The zero-order chi connectivity index (χ0) is 21.6. The van der Waals surface area contributed by atoms with Gasteiger partial charge in [0.15, 0.2) is 11.8 Å². The number of fused-ring (bicyclic) bond motifs is 1. The molecule has 0 spiro atoms. The summed E-state index contributed by atoms with van der Waals surface area (Å²) in [6, 6.07) is 25.2. The first-order valence-corrected chi connectivity index (χ1v) is 10.5. The van der Waals surface area contributed by atoms with E-state index in [0.717, 1.165) is 23.2 Å². The molecule has 0 amide bonds. The fourth-order valence-electron chi connectivity index (χ4n) is 3.58. The van der Waals surface area contributed by atoms with Gasteiger partial charge in [-0.3, -0.25) is 0 Å². The number of benzene rings is 3. The second-order valence-corrected chi connectivity index (χ2v) is 7.66. The standard InChI is InChI=1S/C25H28N6.HI/c1-18(22-15-9-13-21-12-7-8-14-23(21)22)28-25(26-16-20-10-5-4-6-11-20)27-17-24-30-29-19(2)31(24)3;/h4-15,18H,16-17H2,1-3H3,(H2,26,27,28);1H. The molecule has 1 atom stereocenters. The second-order valence-electron chi connectivity index (χ2n) is 7.66. The molecule has 2 N–H and O–H groups in total. The lowest BCUT2D eigenvalue weighted by atomic mass is 10.00. The highest BCUT2D eigenvalue weighted by molar-refractivity contribution is 14.0. The van der Waals surface area contributed by atoms with Crippen molar-refractivity contribution in [3.05, 3.63) is 95.6 Å². The number of hydrogen-bond acceptors (Lipinski definition) is 3. The highest BCUT2D eigenvalue weighted by Crippen LogP contribution is 2.24. The molecule has 0 fully saturated rings. The molecular formula is C25H29IN6. The molecule has 0 saturated carbocycles. The molecule has 0 aliphatic rings. The number of rotatable bonds is 6. The van der Waals surface area contributed by atoms with Gasteiger partial charge in [0.25, 0.3) is 0 Å². The zero-order valence-electron chi connectivity index (χ0n) is 18.6. The maximum Gasteiger partial charge on any atom is 0.192 e. The van der Waals surface area contributed by atoms with Crippen LogP contribution in [0.2, 0.25) is 0 Å². The normalized spacial score (nSPS) is 12.3. The number of aromatic nitrogens is 3.